The quantitative estimate of drug-likeness (QED) is 0.735. The highest BCUT2D eigenvalue weighted by Crippen LogP contribution is 2.41. The third-order valence-corrected chi connectivity index (χ3v) is 4.29. The number of hydrogen-bond acceptors (Lipinski definition) is 3. The van der Waals surface area contributed by atoms with E-state index in [0.29, 0.717) is 18.5 Å². The van der Waals surface area contributed by atoms with Gasteiger partial charge in [-0.3, -0.25) is 9.69 Å². The number of likely N-dealkylation sites (tertiary alicyclic amines) is 1. The second kappa shape index (κ2) is 4.94. The van der Waals surface area contributed by atoms with Gasteiger partial charge in [0.1, 0.15) is 5.54 Å². The molecular weight excluding hydrogens is 216 g/mol. The van der Waals surface area contributed by atoms with Crippen molar-refractivity contribution in [3.05, 3.63) is 0 Å². The molecule has 17 heavy (non-hydrogen) atoms. The lowest BCUT2D eigenvalue weighted by Gasteiger charge is -2.36. The first-order chi connectivity index (χ1) is 8.10. The molecule has 0 amide bonds. The lowest BCUT2D eigenvalue weighted by atomic mass is 9.92. The van der Waals surface area contributed by atoms with Gasteiger partial charge in [0.05, 0.1) is 0 Å². The fourth-order valence-electron chi connectivity index (χ4n) is 3.09. The number of nitrogens with zero attached hydrogens (tertiary/aromatic N) is 1. The van der Waals surface area contributed by atoms with E-state index < -0.39 is 11.5 Å². The number of likely N-dealkylation sites (N-methyl/N-ethyl adjacent to an activating group) is 1. The Morgan fingerprint density at radius 2 is 2.18 bits per heavy atom. The molecule has 0 bridgehead atoms. The molecule has 4 nitrogen and oxygen atoms in total. The molecule has 2 atom stereocenters. The highest BCUT2D eigenvalue weighted by molar-refractivity contribution is 5.80. The molecule has 0 aromatic heterocycles. The van der Waals surface area contributed by atoms with E-state index in [0.717, 1.165) is 25.9 Å². The molecule has 2 fully saturated rings. The van der Waals surface area contributed by atoms with Crippen molar-refractivity contribution in [2.24, 2.45) is 5.92 Å². The summed E-state index contributed by atoms with van der Waals surface area (Å²) in [5, 5.41) is 12.9. The van der Waals surface area contributed by atoms with Crippen molar-refractivity contribution in [2.75, 3.05) is 19.6 Å². The Morgan fingerprint density at radius 1 is 1.47 bits per heavy atom. The minimum atomic E-state index is -0.701. The fourth-order valence-corrected chi connectivity index (χ4v) is 3.09. The summed E-state index contributed by atoms with van der Waals surface area (Å²) in [5.74, 6) is -0.339. The van der Waals surface area contributed by atoms with E-state index in [2.05, 4.69) is 17.1 Å². The van der Waals surface area contributed by atoms with Gasteiger partial charge in [-0.05, 0) is 51.6 Å². The summed E-state index contributed by atoms with van der Waals surface area (Å²) < 4.78 is 0. The standard InChI is InChI=1S/C13H24N2O2/c1-3-14-13(12(16)17,11-6-7-11)9-15-8-4-5-10(15)2/h10-11,14H,3-9H2,1-2H3,(H,16,17). The predicted molar refractivity (Wildman–Crippen MR) is 67.0 cm³/mol. The minimum absolute atomic E-state index is 0.327. The zero-order valence-electron chi connectivity index (χ0n) is 10.9. The first-order valence-electron chi connectivity index (χ1n) is 6.82. The van der Waals surface area contributed by atoms with E-state index in [9.17, 15) is 9.90 Å². The van der Waals surface area contributed by atoms with Crippen LogP contribution in [0, 0.1) is 5.92 Å². The van der Waals surface area contributed by atoms with Crippen LogP contribution >= 0.6 is 0 Å². The maximum absolute atomic E-state index is 11.7. The molecule has 1 saturated carbocycles. The first-order valence-corrected chi connectivity index (χ1v) is 6.82. The van der Waals surface area contributed by atoms with Crippen molar-refractivity contribution in [1.82, 2.24) is 10.2 Å². The molecule has 0 radical (unpaired) electrons. The van der Waals surface area contributed by atoms with Crippen LogP contribution in [0.1, 0.15) is 39.5 Å². The minimum Gasteiger partial charge on any atom is -0.480 e. The van der Waals surface area contributed by atoms with Gasteiger partial charge >= 0.3 is 5.97 Å². The van der Waals surface area contributed by atoms with Crippen LogP contribution in [-0.2, 0) is 4.79 Å². The Balaban J connectivity index is 2.11. The van der Waals surface area contributed by atoms with Gasteiger partial charge in [-0.25, -0.2) is 0 Å². The number of carboxylic acid groups (broad SMARTS) is 1. The summed E-state index contributed by atoms with van der Waals surface area (Å²) in [6, 6.07) is 0.533. The third kappa shape index (κ3) is 2.47. The van der Waals surface area contributed by atoms with Crippen LogP contribution in [0.15, 0.2) is 0 Å². The van der Waals surface area contributed by atoms with E-state index in [1.165, 1.54) is 12.8 Å². The van der Waals surface area contributed by atoms with Gasteiger partial charge in [0, 0.05) is 12.6 Å². The Labute approximate surface area is 103 Å². The van der Waals surface area contributed by atoms with Crippen molar-refractivity contribution in [3.63, 3.8) is 0 Å². The summed E-state index contributed by atoms with van der Waals surface area (Å²) in [6.45, 7) is 6.65. The van der Waals surface area contributed by atoms with Crippen LogP contribution in [0.5, 0.6) is 0 Å². The zero-order chi connectivity index (χ0) is 12.5. The van der Waals surface area contributed by atoms with E-state index in [1.807, 2.05) is 6.92 Å². The zero-order valence-corrected chi connectivity index (χ0v) is 10.9. The number of rotatable bonds is 6. The van der Waals surface area contributed by atoms with Gasteiger partial charge in [0.25, 0.3) is 0 Å². The monoisotopic (exact) mass is 240 g/mol. The molecule has 1 aliphatic heterocycles. The van der Waals surface area contributed by atoms with Gasteiger partial charge in [0.2, 0.25) is 0 Å². The molecule has 2 N–H and O–H groups in total. The maximum atomic E-state index is 11.7. The van der Waals surface area contributed by atoms with Crippen LogP contribution in [0.2, 0.25) is 0 Å². The molecule has 4 heteroatoms. The number of carboxylic acids is 1. The highest BCUT2D eigenvalue weighted by atomic mass is 16.4. The third-order valence-electron chi connectivity index (χ3n) is 4.29. The molecule has 0 aromatic rings. The molecule has 0 aromatic carbocycles. The summed E-state index contributed by atoms with van der Waals surface area (Å²) in [7, 11) is 0. The van der Waals surface area contributed by atoms with Gasteiger partial charge in [-0.1, -0.05) is 6.92 Å². The van der Waals surface area contributed by atoms with Crippen molar-refractivity contribution in [3.8, 4) is 0 Å². The maximum Gasteiger partial charge on any atom is 0.325 e. The van der Waals surface area contributed by atoms with E-state index >= 15 is 0 Å². The SMILES string of the molecule is CCNC(CN1CCCC1C)(C(=O)O)C1CC1. The summed E-state index contributed by atoms with van der Waals surface area (Å²) >= 11 is 0. The predicted octanol–water partition coefficient (Wildman–Crippen LogP) is 1.31. The van der Waals surface area contributed by atoms with Crippen molar-refractivity contribution in [1.29, 1.82) is 0 Å². The average molecular weight is 240 g/mol. The summed E-state index contributed by atoms with van der Waals surface area (Å²) in [4.78, 5) is 14.0. The number of aliphatic carboxylic acids is 1. The molecule has 1 heterocycles. The van der Waals surface area contributed by atoms with Crippen LogP contribution in [0.4, 0.5) is 0 Å². The molecule has 1 aliphatic carbocycles. The lowest BCUT2D eigenvalue weighted by Crippen LogP contribution is -2.61. The molecule has 0 spiro atoms. The van der Waals surface area contributed by atoms with Gasteiger partial charge in [0.15, 0.2) is 0 Å². The van der Waals surface area contributed by atoms with Crippen LogP contribution in [0.25, 0.3) is 0 Å². The van der Waals surface area contributed by atoms with Gasteiger partial charge in [-0.2, -0.15) is 0 Å². The smallest absolute Gasteiger partial charge is 0.325 e. The molecule has 1 saturated heterocycles. The summed E-state index contributed by atoms with van der Waals surface area (Å²) in [6.07, 6.45) is 4.52. The van der Waals surface area contributed by atoms with E-state index in [-0.39, 0.29) is 0 Å². The number of hydrogen-bond donors (Lipinski definition) is 2. The largest absolute Gasteiger partial charge is 0.480 e. The van der Waals surface area contributed by atoms with E-state index in [1.54, 1.807) is 0 Å². The lowest BCUT2D eigenvalue weighted by molar-refractivity contribution is -0.147. The molecule has 98 valence electrons. The highest BCUT2D eigenvalue weighted by Gasteiger charge is 2.52. The van der Waals surface area contributed by atoms with Crippen molar-refractivity contribution < 1.29 is 9.90 Å². The Morgan fingerprint density at radius 3 is 2.59 bits per heavy atom. The van der Waals surface area contributed by atoms with Gasteiger partial charge < -0.3 is 10.4 Å². The Bertz CT molecular complexity index is 291. The molecule has 2 rings (SSSR count). The van der Waals surface area contributed by atoms with Crippen LogP contribution < -0.4 is 5.32 Å². The first kappa shape index (κ1) is 12.8. The van der Waals surface area contributed by atoms with E-state index in [4.69, 9.17) is 0 Å². The van der Waals surface area contributed by atoms with Crippen LogP contribution in [-0.4, -0.2) is 47.2 Å². The summed E-state index contributed by atoms with van der Waals surface area (Å²) in [5.41, 5.74) is -0.701. The molecule has 2 unspecified atom stereocenters. The Kier molecular flexibility index (Phi) is 3.73. The average Bonchev–Trinajstić information content (AvgIpc) is 3.04. The van der Waals surface area contributed by atoms with Crippen molar-refractivity contribution in [2.45, 2.75) is 51.1 Å². The van der Waals surface area contributed by atoms with Gasteiger partial charge in [-0.15, -0.1) is 0 Å². The topological polar surface area (TPSA) is 52.6 Å². The van der Waals surface area contributed by atoms with Crippen LogP contribution in [0.3, 0.4) is 0 Å². The second-order valence-electron chi connectivity index (χ2n) is 5.54. The normalized spacial score (nSPS) is 29.2. The van der Waals surface area contributed by atoms with Crippen molar-refractivity contribution >= 4 is 5.97 Å². The molecular formula is C13H24N2O2. The molecule has 2 aliphatic rings. The Hall–Kier alpha value is -0.610. The number of carbonyl (C=O) groups is 1. The fraction of sp³-hybridized carbons (Fsp3) is 0.923. The second-order valence-corrected chi connectivity index (χ2v) is 5.54. The number of nitrogens with one attached hydrogen (secondary N) is 1.